The Balaban J connectivity index is 2.26. The standard InChI is InChI=1S/C9H13N5O/c1-7-12-13-9-8(11-4-6-15-2)10-3-5-14(7)9/h3,5H,4,6H2,1-2H3,(H,10,11). The summed E-state index contributed by atoms with van der Waals surface area (Å²) in [6, 6.07) is 0. The summed E-state index contributed by atoms with van der Waals surface area (Å²) in [5, 5.41) is 11.2. The Morgan fingerprint density at radius 3 is 3.13 bits per heavy atom. The van der Waals surface area contributed by atoms with E-state index in [1.165, 1.54) is 0 Å². The number of methoxy groups -OCH3 is 1. The fourth-order valence-electron chi connectivity index (χ4n) is 1.34. The van der Waals surface area contributed by atoms with Crippen molar-refractivity contribution in [3.8, 4) is 0 Å². The zero-order valence-electron chi connectivity index (χ0n) is 8.77. The Morgan fingerprint density at radius 2 is 2.33 bits per heavy atom. The summed E-state index contributed by atoms with van der Waals surface area (Å²) < 4.78 is 6.84. The van der Waals surface area contributed by atoms with Gasteiger partial charge in [-0.3, -0.25) is 4.40 Å². The fourth-order valence-corrected chi connectivity index (χ4v) is 1.34. The van der Waals surface area contributed by atoms with Crippen molar-refractivity contribution < 1.29 is 4.74 Å². The van der Waals surface area contributed by atoms with Gasteiger partial charge in [0.05, 0.1) is 6.61 Å². The first-order valence-corrected chi connectivity index (χ1v) is 4.72. The van der Waals surface area contributed by atoms with E-state index in [2.05, 4.69) is 20.5 Å². The van der Waals surface area contributed by atoms with Gasteiger partial charge in [-0.1, -0.05) is 0 Å². The first kappa shape index (κ1) is 9.85. The van der Waals surface area contributed by atoms with Crippen molar-refractivity contribution in [1.82, 2.24) is 19.6 Å². The summed E-state index contributed by atoms with van der Waals surface area (Å²) in [5.41, 5.74) is 0.742. The summed E-state index contributed by atoms with van der Waals surface area (Å²) in [6.07, 6.45) is 3.56. The van der Waals surface area contributed by atoms with Crippen LogP contribution < -0.4 is 5.32 Å². The second kappa shape index (κ2) is 4.22. The van der Waals surface area contributed by atoms with Gasteiger partial charge in [-0.05, 0) is 6.92 Å². The van der Waals surface area contributed by atoms with Gasteiger partial charge in [0.2, 0.25) is 5.65 Å². The van der Waals surface area contributed by atoms with Gasteiger partial charge in [0, 0.05) is 26.0 Å². The van der Waals surface area contributed by atoms with Gasteiger partial charge >= 0.3 is 0 Å². The van der Waals surface area contributed by atoms with Gasteiger partial charge < -0.3 is 10.1 Å². The van der Waals surface area contributed by atoms with Crippen molar-refractivity contribution in [2.24, 2.45) is 0 Å². The molecule has 0 aliphatic heterocycles. The molecule has 2 rings (SSSR count). The molecule has 0 aromatic carbocycles. The van der Waals surface area contributed by atoms with Crippen molar-refractivity contribution in [3.63, 3.8) is 0 Å². The van der Waals surface area contributed by atoms with Crippen LogP contribution in [0.1, 0.15) is 5.82 Å². The minimum Gasteiger partial charge on any atom is -0.383 e. The second-order valence-corrected chi connectivity index (χ2v) is 3.14. The predicted octanol–water partition coefficient (Wildman–Crippen LogP) is 0.491. The number of ether oxygens (including phenoxy) is 1. The number of hydrogen-bond donors (Lipinski definition) is 1. The number of fused-ring (bicyclic) bond motifs is 1. The van der Waals surface area contributed by atoms with E-state index in [-0.39, 0.29) is 0 Å². The molecule has 0 bridgehead atoms. The van der Waals surface area contributed by atoms with Crippen molar-refractivity contribution in [2.75, 3.05) is 25.6 Å². The third-order valence-electron chi connectivity index (χ3n) is 2.10. The molecule has 80 valence electrons. The zero-order chi connectivity index (χ0) is 10.7. The van der Waals surface area contributed by atoms with Crippen LogP contribution in [0.5, 0.6) is 0 Å². The summed E-state index contributed by atoms with van der Waals surface area (Å²) in [5.74, 6) is 1.58. The molecule has 1 N–H and O–H groups in total. The summed E-state index contributed by atoms with van der Waals surface area (Å²) in [6.45, 7) is 3.24. The molecule has 0 saturated heterocycles. The molecule has 0 fully saturated rings. The molecule has 15 heavy (non-hydrogen) atoms. The third-order valence-corrected chi connectivity index (χ3v) is 2.10. The molecule has 0 saturated carbocycles. The molecule has 0 aliphatic rings. The molecule has 6 nitrogen and oxygen atoms in total. The first-order valence-electron chi connectivity index (χ1n) is 4.72. The highest BCUT2D eigenvalue weighted by Gasteiger charge is 2.06. The number of rotatable bonds is 4. The normalized spacial score (nSPS) is 10.8. The van der Waals surface area contributed by atoms with Crippen LogP contribution in [-0.2, 0) is 4.74 Å². The van der Waals surface area contributed by atoms with Crippen LogP contribution in [0.25, 0.3) is 5.65 Å². The Morgan fingerprint density at radius 1 is 1.47 bits per heavy atom. The van der Waals surface area contributed by atoms with Crippen LogP contribution in [-0.4, -0.2) is 39.8 Å². The van der Waals surface area contributed by atoms with Crippen molar-refractivity contribution in [1.29, 1.82) is 0 Å². The van der Waals surface area contributed by atoms with Crippen LogP contribution in [0.3, 0.4) is 0 Å². The van der Waals surface area contributed by atoms with Crippen LogP contribution in [0, 0.1) is 6.92 Å². The second-order valence-electron chi connectivity index (χ2n) is 3.14. The summed E-state index contributed by atoms with van der Waals surface area (Å²) in [4.78, 5) is 4.20. The largest absolute Gasteiger partial charge is 0.383 e. The van der Waals surface area contributed by atoms with Crippen LogP contribution in [0.2, 0.25) is 0 Å². The van der Waals surface area contributed by atoms with Crippen molar-refractivity contribution in [2.45, 2.75) is 6.92 Å². The molecule has 2 heterocycles. The number of nitrogens with one attached hydrogen (secondary N) is 1. The van der Waals surface area contributed by atoms with Gasteiger partial charge in [0.15, 0.2) is 5.82 Å². The third kappa shape index (κ3) is 1.89. The van der Waals surface area contributed by atoms with Crippen molar-refractivity contribution >= 4 is 11.5 Å². The monoisotopic (exact) mass is 207 g/mol. The molecule has 0 spiro atoms. The van der Waals surface area contributed by atoms with Crippen molar-refractivity contribution in [3.05, 3.63) is 18.2 Å². The maximum atomic E-state index is 4.95. The van der Waals surface area contributed by atoms with E-state index in [1.54, 1.807) is 13.3 Å². The van der Waals surface area contributed by atoms with Gasteiger partial charge in [0.1, 0.15) is 5.82 Å². The lowest BCUT2D eigenvalue weighted by atomic mass is 10.5. The quantitative estimate of drug-likeness (QED) is 0.739. The first-order chi connectivity index (χ1) is 7.33. The van der Waals surface area contributed by atoms with E-state index < -0.39 is 0 Å². The van der Waals surface area contributed by atoms with Gasteiger partial charge in [0.25, 0.3) is 0 Å². The molecule has 0 amide bonds. The number of aromatic nitrogens is 4. The molecule has 2 aromatic rings. The Kier molecular flexibility index (Phi) is 2.77. The molecule has 6 heteroatoms. The van der Waals surface area contributed by atoms with E-state index in [0.717, 1.165) is 17.3 Å². The zero-order valence-corrected chi connectivity index (χ0v) is 8.77. The lowest BCUT2D eigenvalue weighted by molar-refractivity contribution is 0.210. The molecule has 0 unspecified atom stereocenters. The molecular weight excluding hydrogens is 194 g/mol. The Hall–Kier alpha value is -1.69. The van der Waals surface area contributed by atoms with E-state index in [4.69, 9.17) is 4.74 Å². The highest BCUT2D eigenvalue weighted by molar-refractivity contribution is 5.61. The smallest absolute Gasteiger partial charge is 0.203 e. The van der Waals surface area contributed by atoms with E-state index in [9.17, 15) is 0 Å². The summed E-state index contributed by atoms with van der Waals surface area (Å²) >= 11 is 0. The van der Waals surface area contributed by atoms with Gasteiger partial charge in [-0.25, -0.2) is 4.98 Å². The summed E-state index contributed by atoms with van der Waals surface area (Å²) in [7, 11) is 1.66. The average Bonchev–Trinajstić information content (AvgIpc) is 2.62. The molecule has 2 aromatic heterocycles. The lowest BCUT2D eigenvalue weighted by Crippen LogP contribution is -2.10. The van der Waals surface area contributed by atoms with Crippen LogP contribution >= 0.6 is 0 Å². The lowest BCUT2D eigenvalue weighted by Gasteiger charge is -2.04. The minimum atomic E-state index is 0.635. The van der Waals surface area contributed by atoms with Gasteiger partial charge in [-0.2, -0.15) is 0 Å². The minimum absolute atomic E-state index is 0.635. The maximum Gasteiger partial charge on any atom is 0.203 e. The number of hydrogen-bond acceptors (Lipinski definition) is 5. The number of aryl methyl sites for hydroxylation is 1. The van der Waals surface area contributed by atoms with E-state index in [0.29, 0.717) is 13.2 Å². The average molecular weight is 207 g/mol. The Bertz CT molecular complexity index is 453. The van der Waals surface area contributed by atoms with E-state index in [1.807, 2.05) is 17.5 Å². The molecule has 0 aliphatic carbocycles. The number of anilines is 1. The highest BCUT2D eigenvalue weighted by atomic mass is 16.5. The molecular formula is C9H13N5O. The number of nitrogens with zero attached hydrogens (tertiary/aromatic N) is 4. The van der Waals surface area contributed by atoms with Gasteiger partial charge in [-0.15, -0.1) is 10.2 Å². The van der Waals surface area contributed by atoms with E-state index >= 15 is 0 Å². The van der Waals surface area contributed by atoms with Crippen LogP contribution in [0.15, 0.2) is 12.4 Å². The Labute approximate surface area is 87.3 Å². The topological polar surface area (TPSA) is 64.3 Å². The van der Waals surface area contributed by atoms with Crippen LogP contribution in [0.4, 0.5) is 5.82 Å². The predicted molar refractivity (Wildman–Crippen MR) is 55.9 cm³/mol. The SMILES string of the molecule is COCCNc1nccn2c(C)nnc12. The highest BCUT2D eigenvalue weighted by Crippen LogP contribution is 2.11. The fraction of sp³-hybridized carbons (Fsp3) is 0.444. The molecule has 0 atom stereocenters. The maximum absolute atomic E-state index is 4.95. The molecule has 0 radical (unpaired) electrons.